The Hall–Kier alpha value is -2.04. The smallest absolute Gasteiger partial charge is 0.254 e. The van der Waals surface area contributed by atoms with Crippen LogP contribution in [0.1, 0.15) is 34.0 Å². The number of morpholine rings is 1. The molecule has 2 aromatic heterocycles. The van der Waals surface area contributed by atoms with Gasteiger partial charge in [-0.2, -0.15) is 4.31 Å². The van der Waals surface area contributed by atoms with Gasteiger partial charge in [0.1, 0.15) is 0 Å². The molecule has 0 aliphatic carbocycles. The number of thiophene rings is 2. The van der Waals surface area contributed by atoms with E-state index < -0.39 is 10.0 Å². The Balaban J connectivity index is 1.60. The van der Waals surface area contributed by atoms with Gasteiger partial charge in [0.05, 0.1) is 30.2 Å². The molecule has 6 nitrogen and oxygen atoms in total. The van der Waals surface area contributed by atoms with Gasteiger partial charge in [-0.15, -0.1) is 22.7 Å². The quantitative estimate of drug-likeness (QED) is 0.491. The summed E-state index contributed by atoms with van der Waals surface area (Å²) in [6.45, 7) is 5.28. The molecule has 170 valence electrons. The van der Waals surface area contributed by atoms with Crippen molar-refractivity contribution < 1.29 is 17.9 Å². The van der Waals surface area contributed by atoms with Crippen molar-refractivity contribution in [2.24, 2.45) is 0 Å². The molecule has 1 aliphatic rings. The van der Waals surface area contributed by atoms with Gasteiger partial charge in [0.25, 0.3) is 5.91 Å². The van der Waals surface area contributed by atoms with E-state index in [0.29, 0.717) is 31.7 Å². The minimum absolute atomic E-state index is 0.136. The number of nitrogens with zero attached hydrogens (tertiary/aromatic N) is 2. The third-order valence-corrected chi connectivity index (χ3v) is 8.80. The van der Waals surface area contributed by atoms with Crippen LogP contribution in [0.4, 0.5) is 0 Å². The lowest BCUT2D eigenvalue weighted by Crippen LogP contribution is -2.48. The van der Waals surface area contributed by atoms with Crippen molar-refractivity contribution in [3.8, 4) is 0 Å². The molecule has 1 aromatic carbocycles. The monoisotopic (exact) mass is 490 g/mol. The van der Waals surface area contributed by atoms with E-state index in [4.69, 9.17) is 4.74 Å². The lowest BCUT2D eigenvalue weighted by Gasteiger charge is -2.34. The molecule has 2 atom stereocenters. The van der Waals surface area contributed by atoms with E-state index in [9.17, 15) is 13.2 Å². The number of rotatable bonds is 7. The summed E-state index contributed by atoms with van der Waals surface area (Å²) in [5.41, 5.74) is 0.369. The zero-order valence-corrected chi connectivity index (χ0v) is 20.5. The molecule has 0 spiro atoms. The Labute approximate surface area is 197 Å². The van der Waals surface area contributed by atoms with Crippen LogP contribution in [0.3, 0.4) is 0 Å². The standard InChI is InChI=1S/C23H26N2O4S3/c1-17-13-25(14-18(2)29-17)32(27,28)22-9-3-6-19(12-22)23(26)24(15-20-7-4-10-30-20)16-21-8-5-11-31-21/h3-12,17-18H,13-16H2,1-2H3. The van der Waals surface area contributed by atoms with Crippen LogP contribution in [-0.4, -0.2) is 48.8 Å². The first kappa shape index (κ1) is 23.1. The number of benzene rings is 1. The first-order valence-corrected chi connectivity index (χ1v) is 13.6. The average molecular weight is 491 g/mol. The van der Waals surface area contributed by atoms with Crippen LogP contribution < -0.4 is 0 Å². The van der Waals surface area contributed by atoms with Crippen LogP contribution in [0.15, 0.2) is 64.2 Å². The van der Waals surface area contributed by atoms with Gasteiger partial charge in [0.2, 0.25) is 10.0 Å². The molecule has 0 N–H and O–H groups in total. The number of carbonyl (C=O) groups excluding carboxylic acids is 1. The fraction of sp³-hybridized carbons (Fsp3) is 0.348. The van der Waals surface area contributed by atoms with E-state index in [1.54, 1.807) is 45.8 Å². The van der Waals surface area contributed by atoms with Crippen molar-refractivity contribution in [1.29, 1.82) is 0 Å². The minimum Gasteiger partial charge on any atom is -0.373 e. The summed E-state index contributed by atoms with van der Waals surface area (Å²) in [5, 5.41) is 3.97. The fourth-order valence-corrected chi connectivity index (χ4v) is 6.90. The van der Waals surface area contributed by atoms with Crippen LogP contribution in [0.5, 0.6) is 0 Å². The van der Waals surface area contributed by atoms with Crippen molar-refractivity contribution in [3.63, 3.8) is 0 Å². The molecule has 32 heavy (non-hydrogen) atoms. The highest BCUT2D eigenvalue weighted by molar-refractivity contribution is 7.89. The second-order valence-electron chi connectivity index (χ2n) is 7.93. The van der Waals surface area contributed by atoms with Crippen molar-refractivity contribution in [2.45, 2.75) is 44.0 Å². The van der Waals surface area contributed by atoms with Gasteiger partial charge in [-0.05, 0) is 54.9 Å². The molecule has 0 bridgehead atoms. The molecule has 1 amide bonds. The highest BCUT2D eigenvalue weighted by Crippen LogP contribution is 2.24. The third kappa shape index (κ3) is 5.29. The van der Waals surface area contributed by atoms with Crippen molar-refractivity contribution >= 4 is 38.6 Å². The van der Waals surface area contributed by atoms with Crippen LogP contribution in [0.25, 0.3) is 0 Å². The second kappa shape index (κ2) is 9.84. The maximum absolute atomic E-state index is 13.5. The molecule has 0 radical (unpaired) electrons. The Morgan fingerprint density at radius 3 is 2.12 bits per heavy atom. The predicted molar refractivity (Wildman–Crippen MR) is 127 cm³/mol. The van der Waals surface area contributed by atoms with E-state index in [1.807, 2.05) is 48.9 Å². The third-order valence-electron chi connectivity index (χ3n) is 5.25. The summed E-state index contributed by atoms with van der Waals surface area (Å²) in [4.78, 5) is 17.5. The Morgan fingerprint density at radius 2 is 1.59 bits per heavy atom. The van der Waals surface area contributed by atoms with Gasteiger partial charge >= 0.3 is 0 Å². The Bertz CT molecular complexity index is 1100. The highest BCUT2D eigenvalue weighted by Gasteiger charge is 2.32. The molecule has 1 saturated heterocycles. The summed E-state index contributed by atoms with van der Waals surface area (Å²) >= 11 is 3.20. The van der Waals surface area contributed by atoms with E-state index >= 15 is 0 Å². The van der Waals surface area contributed by atoms with Gasteiger partial charge < -0.3 is 9.64 Å². The molecular formula is C23H26N2O4S3. The molecule has 3 heterocycles. The number of sulfonamides is 1. The fourth-order valence-electron chi connectivity index (χ4n) is 3.83. The van der Waals surface area contributed by atoms with Gasteiger partial charge in [0.15, 0.2) is 0 Å². The molecule has 3 aromatic rings. The van der Waals surface area contributed by atoms with Crippen LogP contribution in [0, 0.1) is 0 Å². The summed E-state index contributed by atoms with van der Waals surface area (Å²) in [7, 11) is -3.72. The number of ether oxygens (including phenoxy) is 1. The molecule has 0 saturated carbocycles. The van der Waals surface area contributed by atoms with E-state index in [0.717, 1.165) is 9.75 Å². The summed E-state index contributed by atoms with van der Waals surface area (Å²) < 4.78 is 33.7. The molecule has 2 unspecified atom stereocenters. The molecule has 4 rings (SSSR count). The maximum atomic E-state index is 13.5. The van der Waals surface area contributed by atoms with Gasteiger partial charge in [-0.3, -0.25) is 4.79 Å². The average Bonchev–Trinajstić information content (AvgIpc) is 3.46. The van der Waals surface area contributed by atoms with E-state index in [2.05, 4.69) is 0 Å². The lowest BCUT2D eigenvalue weighted by molar-refractivity contribution is -0.0440. The summed E-state index contributed by atoms with van der Waals surface area (Å²) in [5.74, 6) is -0.187. The number of amides is 1. The van der Waals surface area contributed by atoms with Crippen LogP contribution in [0.2, 0.25) is 0 Å². The summed E-state index contributed by atoms with van der Waals surface area (Å²) in [6, 6.07) is 14.3. The van der Waals surface area contributed by atoms with Crippen molar-refractivity contribution in [1.82, 2.24) is 9.21 Å². The van der Waals surface area contributed by atoms with E-state index in [1.165, 1.54) is 10.4 Å². The van der Waals surface area contributed by atoms with Crippen molar-refractivity contribution in [2.75, 3.05) is 13.1 Å². The zero-order chi connectivity index (χ0) is 22.7. The van der Waals surface area contributed by atoms with Gasteiger partial charge in [0, 0.05) is 28.4 Å². The number of hydrogen-bond acceptors (Lipinski definition) is 6. The van der Waals surface area contributed by atoms with Crippen LogP contribution >= 0.6 is 22.7 Å². The predicted octanol–water partition coefficient (Wildman–Crippen LogP) is 4.45. The summed E-state index contributed by atoms with van der Waals surface area (Å²) in [6.07, 6.45) is -0.351. The largest absolute Gasteiger partial charge is 0.373 e. The van der Waals surface area contributed by atoms with Gasteiger partial charge in [-0.25, -0.2) is 8.42 Å². The Morgan fingerprint density at radius 1 is 1.00 bits per heavy atom. The number of carbonyl (C=O) groups is 1. The molecular weight excluding hydrogens is 464 g/mol. The minimum atomic E-state index is -3.72. The zero-order valence-electron chi connectivity index (χ0n) is 18.0. The Kier molecular flexibility index (Phi) is 7.11. The highest BCUT2D eigenvalue weighted by atomic mass is 32.2. The maximum Gasteiger partial charge on any atom is 0.254 e. The van der Waals surface area contributed by atoms with Crippen LogP contribution in [-0.2, 0) is 27.8 Å². The number of hydrogen-bond donors (Lipinski definition) is 0. The van der Waals surface area contributed by atoms with Gasteiger partial charge in [-0.1, -0.05) is 18.2 Å². The molecule has 1 aliphatic heterocycles. The SMILES string of the molecule is CC1CN(S(=O)(=O)c2cccc(C(=O)N(Cc3cccs3)Cc3cccs3)c2)CC(C)O1. The van der Waals surface area contributed by atoms with Crippen molar-refractivity contribution in [3.05, 3.63) is 74.6 Å². The topological polar surface area (TPSA) is 66.9 Å². The van der Waals surface area contributed by atoms with E-state index in [-0.39, 0.29) is 23.0 Å². The molecule has 1 fully saturated rings. The first-order chi connectivity index (χ1) is 15.3. The second-order valence-corrected chi connectivity index (χ2v) is 11.9. The molecule has 9 heteroatoms. The first-order valence-electron chi connectivity index (χ1n) is 10.4. The normalized spacial score (nSPS) is 19.7. The lowest BCUT2D eigenvalue weighted by atomic mass is 10.2.